The normalized spacial score (nSPS) is 10.7. The quantitative estimate of drug-likeness (QED) is 0.336. The Labute approximate surface area is 190 Å². The van der Waals surface area contributed by atoms with Crippen molar-refractivity contribution in [3.05, 3.63) is 87.9 Å². The third-order valence-electron chi connectivity index (χ3n) is 4.30. The Balaban J connectivity index is 1.53. The number of hydrogen-bond acceptors (Lipinski definition) is 5. The molecule has 0 radical (unpaired) electrons. The molecule has 0 saturated heterocycles. The lowest BCUT2D eigenvalue weighted by Gasteiger charge is -2.10. The molecule has 0 aliphatic heterocycles. The van der Waals surface area contributed by atoms with Crippen molar-refractivity contribution >= 4 is 28.1 Å². The second-order valence-electron chi connectivity index (χ2n) is 6.48. The van der Waals surface area contributed by atoms with E-state index in [1.807, 2.05) is 55.5 Å². The molecular formula is C24H23BrN2O4. The molecule has 1 N–H and O–H groups in total. The van der Waals surface area contributed by atoms with Crippen LogP contribution in [-0.2, 0) is 6.61 Å². The fraction of sp³-hybridized carbons (Fsp3) is 0.167. The number of nitrogens with one attached hydrogen (secondary N) is 1. The van der Waals surface area contributed by atoms with Crippen molar-refractivity contribution < 1.29 is 19.0 Å². The molecule has 7 heteroatoms. The Morgan fingerprint density at radius 1 is 1.00 bits per heavy atom. The Hall–Kier alpha value is -3.32. The summed E-state index contributed by atoms with van der Waals surface area (Å²) in [6.45, 7) is 2.89. The van der Waals surface area contributed by atoms with Gasteiger partial charge >= 0.3 is 0 Å². The molecule has 0 atom stereocenters. The third-order valence-corrected chi connectivity index (χ3v) is 4.83. The highest BCUT2D eigenvalue weighted by Gasteiger charge is 2.10. The molecule has 0 heterocycles. The van der Waals surface area contributed by atoms with Crippen molar-refractivity contribution in [2.24, 2.45) is 5.10 Å². The van der Waals surface area contributed by atoms with Crippen LogP contribution < -0.4 is 19.6 Å². The summed E-state index contributed by atoms with van der Waals surface area (Å²) in [5, 5.41) is 4.02. The van der Waals surface area contributed by atoms with Gasteiger partial charge in [-0.1, -0.05) is 28.1 Å². The number of nitrogens with zero attached hydrogens (tertiary/aromatic N) is 1. The summed E-state index contributed by atoms with van der Waals surface area (Å²) in [6.07, 6.45) is 1.57. The number of carbonyl (C=O) groups is 1. The number of hydrogen-bond donors (Lipinski definition) is 1. The SMILES string of the molecule is CCOc1ccc(C(=O)N/N=C/c2ccc(OCc3ccc(Br)cc3)cc2)cc1OC. The highest BCUT2D eigenvalue weighted by atomic mass is 79.9. The lowest BCUT2D eigenvalue weighted by atomic mass is 10.2. The fourth-order valence-electron chi connectivity index (χ4n) is 2.71. The van der Waals surface area contributed by atoms with Crippen molar-refractivity contribution in [2.45, 2.75) is 13.5 Å². The molecule has 0 fully saturated rings. The molecule has 0 unspecified atom stereocenters. The van der Waals surface area contributed by atoms with E-state index in [-0.39, 0.29) is 5.91 Å². The Morgan fingerprint density at radius 3 is 2.42 bits per heavy atom. The van der Waals surface area contributed by atoms with E-state index in [0.29, 0.717) is 30.3 Å². The van der Waals surface area contributed by atoms with Gasteiger partial charge < -0.3 is 14.2 Å². The summed E-state index contributed by atoms with van der Waals surface area (Å²) >= 11 is 3.42. The zero-order valence-electron chi connectivity index (χ0n) is 17.3. The van der Waals surface area contributed by atoms with Crippen LogP contribution in [0.15, 0.2) is 76.3 Å². The third kappa shape index (κ3) is 6.58. The predicted molar refractivity (Wildman–Crippen MR) is 124 cm³/mol. The fourth-order valence-corrected chi connectivity index (χ4v) is 2.98. The van der Waals surface area contributed by atoms with E-state index >= 15 is 0 Å². The molecule has 31 heavy (non-hydrogen) atoms. The van der Waals surface area contributed by atoms with Crippen LogP contribution in [0.3, 0.4) is 0 Å². The van der Waals surface area contributed by atoms with Gasteiger partial charge in [-0.25, -0.2) is 5.43 Å². The van der Waals surface area contributed by atoms with E-state index in [0.717, 1.165) is 21.3 Å². The highest BCUT2D eigenvalue weighted by molar-refractivity contribution is 9.10. The van der Waals surface area contributed by atoms with Crippen LogP contribution in [-0.4, -0.2) is 25.8 Å². The van der Waals surface area contributed by atoms with Gasteiger partial charge in [-0.2, -0.15) is 5.10 Å². The van der Waals surface area contributed by atoms with Crippen LogP contribution in [0.2, 0.25) is 0 Å². The van der Waals surface area contributed by atoms with E-state index < -0.39 is 0 Å². The zero-order valence-corrected chi connectivity index (χ0v) is 18.9. The first-order chi connectivity index (χ1) is 15.1. The minimum absolute atomic E-state index is 0.341. The molecule has 3 aromatic rings. The van der Waals surface area contributed by atoms with Gasteiger partial charge in [0.1, 0.15) is 12.4 Å². The van der Waals surface area contributed by atoms with Gasteiger partial charge in [-0.3, -0.25) is 4.79 Å². The summed E-state index contributed by atoms with van der Waals surface area (Å²) in [5.74, 6) is 1.50. The van der Waals surface area contributed by atoms with E-state index in [9.17, 15) is 4.79 Å². The topological polar surface area (TPSA) is 69.2 Å². The molecule has 0 spiro atoms. The lowest BCUT2D eigenvalue weighted by Crippen LogP contribution is -2.17. The average molecular weight is 483 g/mol. The Morgan fingerprint density at radius 2 is 1.74 bits per heavy atom. The van der Waals surface area contributed by atoms with Gasteiger partial charge in [-0.05, 0) is 72.6 Å². The lowest BCUT2D eigenvalue weighted by molar-refractivity contribution is 0.0954. The second-order valence-corrected chi connectivity index (χ2v) is 7.40. The average Bonchev–Trinajstić information content (AvgIpc) is 2.80. The van der Waals surface area contributed by atoms with Gasteiger partial charge in [0.05, 0.1) is 19.9 Å². The Kier molecular flexibility index (Phi) is 8.06. The van der Waals surface area contributed by atoms with E-state index in [1.165, 1.54) is 7.11 Å². The summed E-state index contributed by atoms with van der Waals surface area (Å²) in [7, 11) is 1.53. The van der Waals surface area contributed by atoms with Crippen LogP contribution in [0.25, 0.3) is 0 Å². The first kappa shape index (κ1) is 22.4. The molecule has 0 bridgehead atoms. The van der Waals surface area contributed by atoms with Crippen LogP contribution in [0, 0.1) is 0 Å². The number of ether oxygens (including phenoxy) is 3. The number of halogens is 1. The number of benzene rings is 3. The molecule has 0 aliphatic carbocycles. The summed E-state index contributed by atoms with van der Waals surface area (Å²) in [5.41, 5.74) is 4.86. The van der Waals surface area contributed by atoms with Crippen LogP contribution in [0.5, 0.6) is 17.2 Å². The molecule has 0 aliphatic rings. The van der Waals surface area contributed by atoms with E-state index in [1.54, 1.807) is 24.4 Å². The Bertz CT molecular complexity index is 1030. The predicted octanol–water partition coefficient (Wildman–Crippen LogP) is 5.20. The van der Waals surface area contributed by atoms with Crippen molar-refractivity contribution in [1.29, 1.82) is 0 Å². The van der Waals surface area contributed by atoms with Crippen molar-refractivity contribution in [3.8, 4) is 17.2 Å². The first-order valence-corrected chi connectivity index (χ1v) is 10.5. The molecular weight excluding hydrogens is 460 g/mol. The second kappa shape index (κ2) is 11.2. The van der Waals surface area contributed by atoms with Gasteiger partial charge in [0, 0.05) is 10.0 Å². The van der Waals surface area contributed by atoms with Crippen LogP contribution in [0.1, 0.15) is 28.4 Å². The standard InChI is InChI=1S/C24H23BrN2O4/c1-3-30-22-13-8-19(14-23(22)29-2)24(28)27-26-15-17-6-11-21(12-7-17)31-16-18-4-9-20(25)10-5-18/h4-15H,3,16H2,1-2H3,(H,27,28)/b26-15+. The molecule has 0 aromatic heterocycles. The molecule has 3 aromatic carbocycles. The first-order valence-electron chi connectivity index (χ1n) is 9.70. The van der Waals surface area contributed by atoms with Crippen LogP contribution >= 0.6 is 15.9 Å². The summed E-state index contributed by atoms with van der Waals surface area (Å²) in [6, 6.07) is 20.4. The summed E-state index contributed by atoms with van der Waals surface area (Å²) in [4.78, 5) is 12.3. The number of hydrazone groups is 1. The van der Waals surface area contributed by atoms with Gasteiger partial charge in [0.15, 0.2) is 11.5 Å². The van der Waals surface area contributed by atoms with Crippen molar-refractivity contribution in [3.63, 3.8) is 0 Å². The van der Waals surface area contributed by atoms with E-state index in [2.05, 4.69) is 26.5 Å². The smallest absolute Gasteiger partial charge is 0.271 e. The monoisotopic (exact) mass is 482 g/mol. The molecule has 0 saturated carbocycles. The maximum Gasteiger partial charge on any atom is 0.271 e. The molecule has 3 rings (SSSR count). The summed E-state index contributed by atoms with van der Waals surface area (Å²) < 4.78 is 17.5. The minimum Gasteiger partial charge on any atom is -0.493 e. The maximum atomic E-state index is 12.3. The van der Waals surface area contributed by atoms with E-state index in [4.69, 9.17) is 14.2 Å². The number of rotatable bonds is 9. The molecule has 6 nitrogen and oxygen atoms in total. The van der Waals surface area contributed by atoms with Gasteiger partial charge in [0.25, 0.3) is 5.91 Å². The number of carbonyl (C=O) groups excluding carboxylic acids is 1. The largest absolute Gasteiger partial charge is 0.493 e. The molecule has 160 valence electrons. The van der Waals surface area contributed by atoms with Gasteiger partial charge in [0.2, 0.25) is 0 Å². The van der Waals surface area contributed by atoms with Crippen molar-refractivity contribution in [1.82, 2.24) is 5.43 Å². The van der Waals surface area contributed by atoms with Crippen molar-refractivity contribution in [2.75, 3.05) is 13.7 Å². The highest BCUT2D eigenvalue weighted by Crippen LogP contribution is 2.28. The zero-order chi connectivity index (χ0) is 22.1. The maximum absolute atomic E-state index is 12.3. The number of amides is 1. The number of methoxy groups -OCH3 is 1. The molecule has 1 amide bonds. The van der Waals surface area contributed by atoms with Crippen LogP contribution in [0.4, 0.5) is 0 Å². The van der Waals surface area contributed by atoms with Gasteiger partial charge in [-0.15, -0.1) is 0 Å². The minimum atomic E-state index is -0.341.